The smallest absolute Gasteiger partial charge is 0.306 e. The molecule has 2 atom stereocenters. The van der Waals surface area contributed by atoms with Gasteiger partial charge in [-0.05, 0) is 43.9 Å². The first-order valence-electron chi connectivity index (χ1n) is 8.88. The summed E-state index contributed by atoms with van der Waals surface area (Å²) in [5.41, 5.74) is 1.69. The lowest BCUT2D eigenvalue weighted by molar-refractivity contribution is -0.143. The Labute approximate surface area is 148 Å². The lowest BCUT2D eigenvalue weighted by Crippen LogP contribution is -2.30. The summed E-state index contributed by atoms with van der Waals surface area (Å²) >= 11 is 0. The molecule has 2 N–H and O–H groups in total. The Morgan fingerprint density at radius 3 is 2.72 bits per heavy atom. The summed E-state index contributed by atoms with van der Waals surface area (Å²) in [6, 6.07) is 7.53. The maximum absolute atomic E-state index is 12.4. The lowest BCUT2D eigenvalue weighted by atomic mass is 9.81. The third kappa shape index (κ3) is 6.48. The van der Waals surface area contributed by atoms with E-state index >= 15 is 0 Å². The quantitative estimate of drug-likeness (QED) is 0.669. The molecule has 1 fully saturated rings. The van der Waals surface area contributed by atoms with Gasteiger partial charge in [-0.15, -0.1) is 0 Å². The fraction of sp³-hybridized carbons (Fsp3) is 0.579. The van der Waals surface area contributed by atoms with E-state index in [4.69, 9.17) is 14.6 Å². The molecular formula is C19H27NO5. The zero-order valence-electron chi connectivity index (χ0n) is 14.7. The second-order valence-electron chi connectivity index (χ2n) is 6.34. The first-order valence-corrected chi connectivity index (χ1v) is 8.88. The Bertz CT molecular complexity index is 575. The Balaban J connectivity index is 1.84. The summed E-state index contributed by atoms with van der Waals surface area (Å²) in [6.45, 7) is 4.18. The van der Waals surface area contributed by atoms with E-state index in [1.54, 1.807) is 0 Å². The van der Waals surface area contributed by atoms with Crippen LogP contribution in [0.2, 0.25) is 0 Å². The van der Waals surface area contributed by atoms with Crippen LogP contribution in [0.1, 0.15) is 38.2 Å². The van der Waals surface area contributed by atoms with Crippen molar-refractivity contribution in [3.8, 4) is 0 Å². The van der Waals surface area contributed by atoms with Crippen molar-refractivity contribution in [2.24, 2.45) is 11.8 Å². The molecule has 138 valence electrons. The first kappa shape index (κ1) is 19.4. The van der Waals surface area contributed by atoms with Gasteiger partial charge in [0.25, 0.3) is 0 Å². The van der Waals surface area contributed by atoms with Crippen LogP contribution in [0.25, 0.3) is 0 Å². The maximum atomic E-state index is 12.4. The van der Waals surface area contributed by atoms with Gasteiger partial charge >= 0.3 is 5.97 Å². The van der Waals surface area contributed by atoms with E-state index in [-0.39, 0.29) is 11.8 Å². The standard InChI is InChI=1S/C19H27NO5/c1-2-24-9-10-25-13-14-5-3-8-17(11-14)20-18(21)15-6-4-7-16(12-15)19(22)23/h3,5,8,11,15-16H,2,4,6-7,9-10,12-13H2,1H3,(H,20,21)(H,22,23). The van der Waals surface area contributed by atoms with Gasteiger partial charge in [0.15, 0.2) is 0 Å². The number of hydrogen-bond acceptors (Lipinski definition) is 4. The predicted octanol–water partition coefficient (Wildman–Crippen LogP) is 3.07. The van der Waals surface area contributed by atoms with Crippen molar-refractivity contribution < 1.29 is 24.2 Å². The summed E-state index contributed by atoms with van der Waals surface area (Å²) in [7, 11) is 0. The number of carbonyl (C=O) groups excluding carboxylic acids is 1. The van der Waals surface area contributed by atoms with E-state index in [1.165, 1.54) is 0 Å². The molecule has 1 aromatic carbocycles. The molecule has 1 amide bonds. The van der Waals surface area contributed by atoms with Crippen LogP contribution < -0.4 is 5.32 Å². The van der Waals surface area contributed by atoms with E-state index in [0.717, 1.165) is 18.4 Å². The number of nitrogens with one attached hydrogen (secondary N) is 1. The molecule has 1 aromatic rings. The number of hydrogen-bond donors (Lipinski definition) is 2. The van der Waals surface area contributed by atoms with Crippen molar-refractivity contribution in [3.05, 3.63) is 29.8 Å². The number of rotatable bonds is 9. The number of carbonyl (C=O) groups is 2. The molecule has 0 aliphatic heterocycles. The SMILES string of the molecule is CCOCCOCc1cccc(NC(=O)C2CCCC(C(=O)O)C2)c1. The highest BCUT2D eigenvalue weighted by Gasteiger charge is 2.31. The Morgan fingerprint density at radius 2 is 1.96 bits per heavy atom. The van der Waals surface area contributed by atoms with Crippen molar-refractivity contribution in [1.29, 1.82) is 0 Å². The van der Waals surface area contributed by atoms with Gasteiger partial charge in [-0.1, -0.05) is 18.6 Å². The third-order valence-corrected chi connectivity index (χ3v) is 4.43. The molecule has 0 bridgehead atoms. The van der Waals surface area contributed by atoms with E-state index in [9.17, 15) is 9.59 Å². The van der Waals surface area contributed by atoms with E-state index in [0.29, 0.717) is 45.0 Å². The van der Waals surface area contributed by atoms with Crippen LogP contribution >= 0.6 is 0 Å². The molecule has 2 unspecified atom stereocenters. The number of ether oxygens (including phenoxy) is 2. The van der Waals surface area contributed by atoms with Crippen LogP contribution in [0.15, 0.2) is 24.3 Å². The number of benzene rings is 1. The average Bonchev–Trinajstić information content (AvgIpc) is 2.62. The van der Waals surface area contributed by atoms with Gasteiger partial charge in [0.1, 0.15) is 0 Å². The van der Waals surface area contributed by atoms with Gasteiger partial charge in [0, 0.05) is 18.2 Å². The largest absolute Gasteiger partial charge is 0.481 e. The van der Waals surface area contributed by atoms with Crippen molar-refractivity contribution in [2.45, 2.75) is 39.2 Å². The van der Waals surface area contributed by atoms with Gasteiger partial charge < -0.3 is 19.9 Å². The van der Waals surface area contributed by atoms with Gasteiger partial charge in [-0.2, -0.15) is 0 Å². The van der Waals surface area contributed by atoms with Crippen LogP contribution in [0.4, 0.5) is 5.69 Å². The maximum Gasteiger partial charge on any atom is 0.306 e. The van der Waals surface area contributed by atoms with Gasteiger partial charge in [0.2, 0.25) is 5.91 Å². The number of carboxylic acid groups (broad SMARTS) is 1. The minimum Gasteiger partial charge on any atom is -0.481 e. The second-order valence-corrected chi connectivity index (χ2v) is 6.34. The summed E-state index contributed by atoms with van der Waals surface area (Å²) in [5.74, 6) is -1.54. The Hall–Kier alpha value is -1.92. The topological polar surface area (TPSA) is 84.9 Å². The van der Waals surface area contributed by atoms with Crippen molar-refractivity contribution in [3.63, 3.8) is 0 Å². The van der Waals surface area contributed by atoms with Crippen LogP contribution in [0, 0.1) is 11.8 Å². The fourth-order valence-electron chi connectivity index (χ4n) is 3.09. The molecule has 1 aliphatic rings. The molecule has 1 aliphatic carbocycles. The van der Waals surface area contributed by atoms with Crippen LogP contribution in [-0.4, -0.2) is 36.8 Å². The highest BCUT2D eigenvalue weighted by molar-refractivity contribution is 5.93. The predicted molar refractivity (Wildman–Crippen MR) is 94.3 cm³/mol. The van der Waals surface area contributed by atoms with Crippen LogP contribution in [0.3, 0.4) is 0 Å². The fourth-order valence-corrected chi connectivity index (χ4v) is 3.09. The minimum absolute atomic E-state index is 0.0969. The van der Waals surface area contributed by atoms with Gasteiger partial charge in [-0.25, -0.2) is 0 Å². The van der Waals surface area contributed by atoms with Gasteiger partial charge in [-0.3, -0.25) is 9.59 Å². The normalized spacial score (nSPS) is 20.2. The molecule has 1 saturated carbocycles. The molecule has 0 saturated heterocycles. The highest BCUT2D eigenvalue weighted by atomic mass is 16.5. The number of aliphatic carboxylic acids is 1. The number of amides is 1. The van der Waals surface area contributed by atoms with E-state index in [1.807, 2.05) is 31.2 Å². The second kappa shape index (κ2) is 10.2. The molecule has 0 spiro atoms. The van der Waals surface area contributed by atoms with Gasteiger partial charge in [0.05, 0.1) is 25.7 Å². The molecular weight excluding hydrogens is 322 g/mol. The average molecular weight is 349 g/mol. The summed E-state index contributed by atoms with van der Waals surface area (Å²) < 4.78 is 10.8. The van der Waals surface area contributed by atoms with E-state index < -0.39 is 11.9 Å². The minimum atomic E-state index is -0.802. The zero-order chi connectivity index (χ0) is 18.1. The van der Waals surface area contributed by atoms with Crippen molar-refractivity contribution in [2.75, 3.05) is 25.1 Å². The Morgan fingerprint density at radius 1 is 1.20 bits per heavy atom. The summed E-state index contributed by atoms with van der Waals surface area (Å²) in [4.78, 5) is 23.6. The van der Waals surface area contributed by atoms with Crippen molar-refractivity contribution >= 4 is 17.6 Å². The Kier molecular flexibility index (Phi) is 7.88. The summed E-state index contributed by atoms with van der Waals surface area (Å²) in [6.07, 6.45) is 2.60. The molecule has 25 heavy (non-hydrogen) atoms. The molecule has 6 heteroatoms. The third-order valence-electron chi connectivity index (χ3n) is 4.43. The molecule has 0 radical (unpaired) electrons. The van der Waals surface area contributed by atoms with Crippen molar-refractivity contribution in [1.82, 2.24) is 0 Å². The zero-order valence-corrected chi connectivity index (χ0v) is 14.7. The van der Waals surface area contributed by atoms with Crippen LogP contribution in [0.5, 0.6) is 0 Å². The molecule has 0 aromatic heterocycles. The number of anilines is 1. The van der Waals surface area contributed by atoms with E-state index in [2.05, 4.69) is 5.32 Å². The monoisotopic (exact) mass is 349 g/mol. The summed E-state index contributed by atoms with van der Waals surface area (Å²) in [5, 5.41) is 12.1. The lowest BCUT2D eigenvalue weighted by Gasteiger charge is -2.25. The van der Waals surface area contributed by atoms with Crippen LogP contribution in [-0.2, 0) is 25.7 Å². The number of carboxylic acids is 1. The molecule has 2 rings (SSSR count). The molecule has 6 nitrogen and oxygen atoms in total. The first-order chi connectivity index (χ1) is 12.1. The highest BCUT2D eigenvalue weighted by Crippen LogP contribution is 2.30. The molecule has 0 heterocycles.